The van der Waals surface area contributed by atoms with Crippen molar-refractivity contribution in [3.63, 3.8) is 0 Å². The van der Waals surface area contributed by atoms with Crippen LogP contribution in [0, 0.1) is 18.3 Å². The Balaban J connectivity index is 1.59. The van der Waals surface area contributed by atoms with E-state index in [1.165, 1.54) is 6.20 Å². The second-order valence-electron chi connectivity index (χ2n) is 6.70. The fraction of sp³-hybridized carbons (Fsp3) is 0.200. The van der Waals surface area contributed by atoms with Gasteiger partial charge in [0.2, 0.25) is 0 Å². The molecule has 0 radical (unpaired) electrons. The molecule has 1 aliphatic rings. The largest absolute Gasteiger partial charge is 0.374 e. The Morgan fingerprint density at radius 2 is 2.00 bits per heavy atom. The molecule has 9 heteroatoms. The summed E-state index contributed by atoms with van der Waals surface area (Å²) in [7, 11) is 0. The first kappa shape index (κ1) is 18.8. The SMILES string of the molecule is Cc1nnc(C2=CNC(O)NC2O)cc1-c1cnn(Cc2ccc(C#N)cc2)c1. The molecule has 0 fully saturated rings. The van der Waals surface area contributed by atoms with E-state index in [9.17, 15) is 10.2 Å². The lowest BCUT2D eigenvalue weighted by atomic mass is 10.0. The van der Waals surface area contributed by atoms with E-state index in [0.29, 0.717) is 23.4 Å². The summed E-state index contributed by atoms with van der Waals surface area (Å²) in [5.41, 5.74) is 5.09. The Morgan fingerprint density at radius 1 is 1.21 bits per heavy atom. The minimum atomic E-state index is -1.06. The highest BCUT2D eigenvalue weighted by Gasteiger charge is 2.22. The topological polar surface area (TPSA) is 132 Å². The van der Waals surface area contributed by atoms with Crippen LogP contribution in [0.2, 0.25) is 0 Å². The molecule has 0 saturated heterocycles. The van der Waals surface area contributed by atoms with Gasteiger partial charge in [-0.2, -0.15) is 20.6 Å². The van der Waals surface area contributed by atoms with E-state index in [1.807, 2.05) is 36.0 Å². The lowest BCUT2D eigenvalue weighted by molar-refractivity contribution is 0.0482. The molecule has 9 nitrogen and oxygen atoms in total. The van der Waals surface area contributed by atoms with Gasteiger partial charge in [0.05, 0.1) is 35.8 Å². The van der Waals surface area contributed by atoms with Crippen LogP contribution in [-0.4, -0.2) is 42.8 Å². The van der Waals surface area contributed by atoms with Crippen molar-refractivity contribution in [2.45, 2.75) is 26.0 Å². The van der Waals surface area contributed by atoms with Gasteiger partial charge in [0.25, 0.3) is 0 Å². The Hall–Kier alpha value is -3.58. The monoisotopic (exact) mass is 389 g/mol. The quantitative estimate of drug-likeness (QED) is 0.513. The average molecular weight is 389 g/mol. The summed E-state index contributed by atoms with van der Waals surface area (Å²) in [5, 5.41) is 46.6. The molecule has 146 valence electrons. The Morgan fingerprint density at radius 3 is 2.72 bits per heavy atom. The van der Waals surface area contributed by atoms with E-state index in [-0.39, 0.29) is 0 Å². The van der Waals surface area contributed by atoms with Gasteiger partial charge in [0, 0.05) is 29.1 Å². The second kappa shape index (κ2) is 7.81. The van der Waals surface area contributed by atoms with Gasteiger partial charge in [-0.05, 0) is 30.7 Å². The van der Waals surface area contributed by atoms with Crippen molar-refractivity contribution < 1.29 is 10.2 Å². The zero-order valence-corrected chi connectivity index (χ0v) is 15.6. The van der Waals surface area contributed by atoms with Crippen molar-refractivity contribution in [3.8, 4) is 17.2 Å². The van der Waals surface area contributed by atoms with Gasteiger partial charge in [-0.1, -0.05) is 12.1 Å². The standard InChI is InChI=1S/C20H19N7O2/c1-12-16(6-18(26-25-12)17-9-22-20(29)24-19(17)28)15-8-23-27(11-15)10-14-4-2-13(7-21)3-5-14/h2-6,8-9,11,19-20,22,24,28-29H,10H2,1H3. The molecule has 0 amide bonds. The summed E-state index contributed by atoms with van der Waals surface area (Å²) < 4.78 is 1.81. The summed E-state index contributed by atoms with van der Waals surface area (Å²) in [6, 6.07) is 11.3. The van der Waals surface area contributed by atoms with Crippen LogP contribution >= 0.6 is 0 Å². The molecule has 2 aromatic heterocycles. The van der Waals surface area contributed by atoms with Crippen LogP contribution in [0.25, 0.3) is 16.7 Å². The molecule has 3 aromatic rings. The van der Waals surface area contributed by atoms with Crippen LogP contribution in [-0.2, 0) is 6.54 Å². The lowest BCUT2D eigenvalue weighted by Gasteiger charge is -2.25. The van der Waals surface area contributed by atoms with Crippen molar-refractivity contribution in [3.05, 3.63) is 71.4 Å². The summed E-state index contributed by atoms with van der Waals surface area (Å²) in [4.78, 5) is 0. The number of nitriles is 1. The normalized spacial score (nSPS) is 18.6. The first-order chi connectivity index (χ1) is 14.0. The van der Waals surface area contributed by atoms with Crippen molar-refractivity contribution in [1.29, 1.82) is 5.26 Å². The van der Waals surface area contributed by atoms with Gasteiger partial charge >= 0.3 is 0 Å². The number of nitrogens with zero attached hydrogens (tertiary/aromatic N) is 5. The van der Waals surface area contributed by atoms with E-state index in [2.05, 4.69) is 32.0 Å². The second-order valence-corrected chi connectivity index (χ2v) is 6.70. The molecule has 0 saturated carbocycles. The number of aromatic nitrogens is 4. The number of nitrogens with one attached hydrogen (secondary N) is 2. The third-order valence-electron chi connectivity index (χ3n) is 4.65. The van der Waals surface area contributed by atoms with Gasteiger partial charge in [-0.3, -0.25) is 4.68 Å². The number of aliphatic hydroxyl groups is 2. The van der Waals surface area contributed by atoms with Gasteiger partial charge in [0.1, 0.15) is 6.23 Å². The molecule has 1 aromatic carbocycles. The summed E-state index contributed by atoms with van der Waals surface area (Å²) in [5.74, 6) is 0. The molecule has 0 spiro atoms. The predicted molar refractivity (Wildman–Crippen MR) is 105 cm³/mol. The van der Waals surface area contributed by atoms with Crippen LogP contribution in [0.15, 0.2) is 48.9 Å². The van der Waals surface area contributed by atoms with Crippen LogP contribution in [0.3, 0.4) is 0 Å². The van der Waals surface area contributed by atoms with E-state index >= 15 is 0 Å². The maximum atomic E-state index is 10.1. The molecule has 2 unspecified atom stereocenters. The number of aliphatic hydroxyl groups excluding tert-OH is 2. The maximum Gasteiger partial charge on any atom is 0.183 e. The van der Waals surface area contributed by atoms with Gasteiger partial charge in [-0.15, -0.1) is 0 Å². The van der Waals surface area contributed by atoms with Crippen molar-refractivity contribution in [2.24, 2.45) is 0 Å². The molecule has 0 bridgehead atoms. The van der Waals surface area contributed by atoms with E-state index in [1.54, 1.807) is 18.3 Å². The molecule has 3 heterocycles. The minimum Gasteiger partial charge on any atom is -0.374 e. The number of hydrogen-bond acceptors (Lipinski definition) is 8. The maximum absolute atomic E-state index is 10.1. The Kier molecular flexibility index (Phi) is 5.05. The summed E-state index contributed by atoms with van der Waals surface area (Å²) in [6.07, 6.45) is 3.10. The van der Waals surface area contributed by atoms with E-state index < -0.39 is 12.6 Å². The third-order valence-corrected chi connectivity index (χ3v) is 4.65. The molecule has 29 heavy (non-hydrogen) atoms. The average Bonchev–Trinajstić information content (AvgIpc) is 3.17. The summed E-state index contributed by atoms with van der Waals surface area (Å²) in [6.45, 7) is 2.43. The first-order valence-corrected chi connectivity index (χ1v) is 8.98. The summed E-state index contributed by atoms with van der Waals surface area (Å²) >= 11 is 0. The minimum absolute atomic E-state index is 0.481. The zero-order chi connectivity index (χ0) is 20.4. The third kappa shape index (κ3) is 4.00. The molecule has 2 atom stereocenters. The fourth-order valence-corrected chi connectivity index (χ4v) is 3.10. The van der Waals surface area contributed by atoms with E-state index in [4.69, 9.17) is 5.26 Å². The van der Waals surface area contributed by atoms with E-state index in [0.717, 1.165) is 22.4 Å². The Labute approximate surface area is 167 Å². The molecule has 1 aliphatic heterocycles. The number of benzene rings is 1. The Bertz CT molecular complexity index is 1100. The van der Waals surface area contributed by atoms with Crippen molar-refractivity contribution in [2.75, 3.05) is 0 Å². The molecule has 4 N–H and O–H groups in total. The molecule has 4 rings (SSSR count). The fourth-order valence-electron chi connectivity index (χ4n) is 3.10. The highest BCUT2D eigenvalue weighted by molar-refractivity contribution is 5.72. The molecular weight excluding hydrogens is 370 g/mol. The van der Waals surface area contributed by atoms with Crippen LogP contribution in [0.5, 0.6) is 0 Å². The van der Waals surface area contributed by atoms with Crippen molar-refractivity contribution >= 4 is 5.57 Å². The predicted octanol–water partition coefficient (Wildman–Crippen LogP) is 0.696. The lowest BCUT2D eigenvalue weighted by Crippen LogP contribution is -2.49. The first-order valence-electron chi connectivity index (χ1n) is 8.98. The van der Waals surface area contributed by atoms with Crippen molar-refractivity contribution in [1.82, 2.24) is 30.6 Å². The smallest absolute Gasteiger partial charge is 0.183 e. The number of hydrogen-bond donors (Lipinski definition) is 4. The zero-order valence-electron chi connectivity index (χ0n) is 15.6. The van der Waals surface area contributed by atoms with Crippen LogP contribution < -0.4 is 10.6 Å². The van der Waals surface area contributed by atoms with Crippen LogP contribution in [0.4, 0.5) is 0 Å². The molecular formula is C20H19N7O2. The molecule has 0 aliphatic carbocycles. The highest BCUT2D eigenvalue weighted by Crippen LogP contribution is 2.26. The van der Waals surface area contributed by atoms with Gasteiger partial charge in [-0.25, -0.2) is 5.32 Å². The number of rotatable bonds is 4. The van der Waals surface area contributed by atoms with Gasteiger partial charge in [0.15, 0.2) is 6.35 Å². The van der Waals surface area contributed by atoms with Gasteiger partial charge < -0.3 is 15.5 Å². The van der Waals surface area contributed by atoms with Crippen LogP contribution in [0.1, 0.15) is 22.5 Å². The number of aryl methyl sites for hydroxylation is 1. The highest BCUT2D eigenvalue weighted by atomic mass is 16.3.